The van der Waals surface area contributed by atoms with Gasteiger partial charge in [0.2, 0.25) is 11.7 Å². The van der Waals surface area contributed by atoms with E-state index in [1.54, 1.807) is 12.1 Å². The number of nitrogens with two attached hydrogens (primary N) is 1. The van der Waals surface area contributed by atoms with Crippen molar-refractivity contribution in [2.75, 3.05) is 40.5 Å². The zero-order valence-corrected chi connectivity index (χ0v) is 18.9. The predicted octanol–water partition coefficient (Wildman–Crippen LogP) is 1.41. The highest BCUT2D eigenvalue weighted by atomic mass is 16.5. The fraction of sp³-hybridized carbons (Fsp3) is 0.591. The average molecular weight is 452 g/mol. The Morgan fingerprint density at radius 3 is 2.16 bits per heavy atom. The number of carboxylic acids is 1. The molecule has 0 atom stereocenters. The lowest BCUT2D eigenvalue weighted by molar-refractivity contribution is -0.134. The van der Waals surface area contributed by atoms with Crippen molar-refractivity contribution < 1.29 is 33.7 Å². The highest BCUT2D eigenvalue weighted by molar-refractivity contribution is 5.95. The van der Waals surface area contributed by atoms with E-state index in [1.807, 2.05) is 4.90 Å². The molecule has 10 nitrogen and oxygen atoms in total. The Kier molecular flexibility index (Phi) is 9.13. The number of piperidine rings is 1. The van der Waals surface area contributed by atoms with Gasteiger partial charge in [0.25, 0.3) is 11.9 Å². The molecule has 0 saturated carbocycles. The smallest absolute Gasteiger partial charge is 0.300 e. The van der Waals surface area contributed by atoms with E-state index in [0.717, 1.165) is 26.2 Å². The number of carbonyl (C=O) groups is 3. The molecule has 0 aromatic heterocycles. The molecule has 32 heavy (non-hydrogen) atoms. The Morgan fingerprint density at radius 1 is 1.16 bits per heavy atom. The van der Waals surface area contributed by atoms with Crippen molar-refractivity contribution in [3.05, 3.63) is 17.7 Å². The van der Waals surface area contributed by atoms with Crippen LogP contribution in [0, 0.1) is 0 Å². The maximum Gasteiger partial charge on any atom is 0.300 e. The number of rotatable bonds is 7. The molecule has 2 heterocycles. The van der Waals surface area contributed by atoms with Gasteiger partial charge in [0.15, 0.2) is 11.5 Å². The normalized spacial score (nSPS) is 16.6. The van der Waals surface area contributed by atoms with Gasteiger partial charge in [-0.1, -0.05) is 0 Å². The van der Waals surface area contributed by atoms with Crippen LogP contribution < -0.4 is 25.3 Å². The molecular formula is C22H33N3O7. The van der Waals surface area contributed by atoms with Crippen molar-refractivity contribution in [2.24, 2.45) is 5.73 Å². The first-order valence-corrected chi connectivity index (χ1v) is 10.6. The van der Waals surface area contributed by atoms with E-state index >= 15 is 0 Å². The van der Waals surface area contributed by atoms with Crippen molar-refractivity contribution in [1.29, 1.82) is 0 Å². The van der Waals surface area contributed by atoms with E-state index in [1.165, 1.54) is 14.2 Å². The van der Waals surface area contributed by atoms with E-state index in [-0.39, 0.29) is 17.4 Å². The predicted molar refractivity (Wildman–Crippen MR) is 117 cm³/mol. The number of likely N-dealkylation sites (tertiary alicyclic amines) is 1. The topological polar surface area (TPSA) is 140 Å². The summed E-state index contributed by atoms with van der Waals surface area (Å²) in [7, 11) is 3.07. The van der Waals surface area contributed by atoms with E-state index in [4.69, 9.17) is 29.8 Å². The second kappa shape index (κ2) is 11.6. The van der Waals surface area contributed by atoms with E-state index in [2.05, 4.69) is 5.32 Å². The molecule has 2 saturated heterocycles. The van der Waals surface area contributed by atoms with Gasteiger partial charge in [0.05, 0.1) is 20.8 Å². The van der Waals surface area contributed by atoms with Gasteiger partial charge in [-0.25, -0.2) is 0 Å². The van der Waals surface area contributed by atoms with Crippen LogP contribution in [0.15, 0.2) is 12.1 Å². The number of hydrogen-bond donors (Lipinski definition) is 3. The SMILES string of the molecule is CC(=O)O.COc1cc(C(=O)N2CCC3(CCC(=O)N3)CC2)cc(OC)c1OCCCN. The van der Waals surface area contributed by atoms with Crippen LogP contribution >= 0.6 is 0 Å². The van der Waals surface area contributed by atoms with Crippen molar-refractivity contribution in [2.45, 2.75) is 44.6 Å². The summed E-state index contributed by atoms with van der Waals surface area (Å²) in [6, 6.07) is 3.37. The number of carboxylic acid groups (broad SMARTS) is 1. The molecule has 1 aromatic rings. The first kappa shape index (κ1) is 25.3. The van der Waals surface area contributed by atoms with Gasteiger partial charge in [0.1, 0.15) is 0 Å². The molecule has 178 valence electrons. The summed E-state index contributed by atoms with van der Waals surface area (Å²) in [6.45, 7) is 3.27. The maximum atomic E-state index is 13.0. The molecule has 4 N–H and O–H groups in total. The fourth-order valence-electron chi connectivity index (χ4n) is 3.87. The number of benzene rings is 1. The summed E-state index contributed by atoms with van der Waals surface area (Å²) in [5.41, 5.74) is 5.87. The molecule has 2 amide bonds. The lowest BCUT2D eigenvalue weighted by atomic mass is 9.86. The zero-order valence-electron chi connectivity index (χ0n) is 18.9. The summed E-state index contributed by atoms with van der Waals surface area (Å²) < 4.78 is 16.6. The van der Waals surface area contributed by atoms with Gasteiger partial charge in [-0.15, -0.1) is 0 Å². The third-order valence-corrected chi connectivity index (χ3v) is 5.55. The van der Waals surface area contributed by atoms with Crippen LogP contribution in [-0.4, -0.2) is 73.8 Å². The molecule has 0 bridgehead atoms. The van der Waals surface area contributed by atoms with Gasteiger partial charge in [0, 0.05) is 37.5 Å². The van der Waals surface area contributed by atoms with Crippen molar-refractivity contribution in [1.82, 2.24) is 10.2 Å². The molecule has 0 unspecified atom stereocenters. The van der Waals surface area contributed by atoms with Crippen LogP contribution in [-0.2, 0) is 9.59 Å². The quantitative estimate of drug-likeness (QED) is 0.529. The molecule has 0 aliphatic carbocycles. The van der Waals surface area contributed by atoms with Crippen molar-refractivity contribution in [3.8, 4) is 17.2 Å². The molecule has 2 aliphatic heterocycles. The summed E-state index contributed by atoms with van der Waals surface area (Å²) in [5.74, 6) is 0.581. The molecule has 1 aromatic carbocycles. The minimum Gasteiger partial charge on any atom is -0.493 e. The van der Waals surface area contributed by atoms with Gasteiger partial charge in [-0.05, 0) is 44.4 Å². The first-order chi connectivity index (χ1) is 15.2. The number of nitrogens with one attached hydrogen (secondary N) is 1. The van der Waals surface area contributed by atoms with Crippen LogP contribution in [0.2, 0.25) is 0 Å². The Hall–Kier alpha value is -3.01. The Balaban J connectivity index is 0.000000837. The molecule has 2 fully saturated rings. The molecule has 2 aliphatic rings. The van der Waals surface area contributed by atoms with Crippen LogP contribution in [0.25, 0.3) is 0 Å². The minimum atomic E-state index is -0.833. The Bertz CT molecular complexity index is 791. The second-order valence-corrected chi connectivity index (χ2v) is 7.84. The lowest BCUT2D eigenvalue weighted by Crippen LogP contribution is -2.52. The fourth-order valence-corrected chi connectivity index (χ4v) is 3.87. The monoisotopic (exact) mass is 451 g/mol. The number of hydrogen-bond acceptors (Lipinski definition) is 7. The van der Waals surface area contributed by atoms with Crippen LogP contribution in [0.4, 0.5) is 0 Å². The van der Waals surface area contributed by atoms with E-state index < -0.39 is 5.97 Å². The van der Waals surface area contributed by atoms with Gasteiger partial charge in [-0.3, -0.25) is 14.4 Å². The highest BCUT2D eigenvalue weighted by Crippen LogP contribution is 2.39. The van der Waals surface area contributed by atoms with Crippen molar-refractivity contribution >= 4 is 17.8 Å². The first-order valence-electron chi connectivity index (χ1n) is 10.6. The summed E-state index contributed by atoms with van der Waals surface area (Å²) in [5, 5.41) is 10.5. The Labute approximate surface area is 188 Å². The average Bonchev–Trinajstić information content (AvgIpc) is 3.13. The summed E-state index contributed by atoms with van der Waals surface area (Å²) >= 11 is 0. The van der Waals surface area contributed by atoms with E-state index in [0.29, 0.717) is 61.9 Å². The second-order valence-electron chi connectivity index (χ2n) is 7.84. The zero-order chi connectivity index (χ0) is 23.7. The van der Waals surface area contributed by atoms with E-state index in [9.17, 15) is 9.59 Å². The standard InChI is InChI=1S/C20H29N3O5.C2H4O2/c1-26-15-12-14(13-16(27-2)18(15)28-11-3-8-21)19(25)23-9-6-20(7-10-23)5-4-17(24)22-20;1-2(3)4/h12-13H,3-11,21H2,1-2H3,(H,22,24);1H3,(H,3,4). The lowest BCUT2D eigenvalue weighted by Gasteiger charge is -2.39. The third kappa shape index (κ3) is 6.49. The summed E-state index contributed by atoms with van der Waals surface area (Å²) in [4.78, 5) is 35.4. The number of amides is 2. The number of ether oxygens (including phenoxy) is 3. The maximum absolute atomic E-state index is 13.0. The van der Waals surface area contributed by atoms with Gasteiger partial charge in [-0.2, -0.15) is 0 Å². The third-order valence-electron chi connectivity index (χ3n) is 5.55. The van der Waals surface area contributed by atoms with Crippen LogP contribution in [0.3, 0.4) is 0 Å². The van der Waals surface area contributed by atoms with Crippen LogP contribution in [0.5, 0.6) is 17.2 Å². The largest absolute Gasteiger partial charge is 0.493 e. The van der Waals surface area contributed by atoms with Crippen LogP contribution in [0.1, 0.15) is 49.4 Å². The minimum absolute atomic E-state index is 0.0794. The highest BCUT2D eigenvalue weighted by Gasteiger charge is 2.41. The number of aliphatic carboxylic acids is 1. The number of nitrogens with zero attached hydrogens (tertiary/aromatic N) is 1. The van der Waals surface area contributed by atoms with Gasteiger partial charge >= 0.3 is 0 Å². The molecule has 10 heteroatoms. The number of carbonyl (C=O) groups excluding carboxylic acids is 2. The summed E-state index contributed by atoms with van der Waals surface area (Å²) in [6.07, 6.45) is 3.69. The molecule has 1 spiro atoms. The number of methoxy groups -OCH3 is 2. The van der Waals surface area contributed by atoms with Gasteiger partial charge < -0.3 is 35.3 Å². The molecular weight excluding hydrogens is 418 g/mol. The van der Waals surface area contributed by atoms with Crippen molar-refractivity contribution in [3.63, 3.8) is 0 Å². The molecule has 3 rings (SSSR count). The molecule has 0 radical (unpaired) electrons. The Morgan fingerprint density at radius 2 is 1.72 bits per heavy atom.